The standard InChI is InChI=1S/C12H27N/c1-7-10(2)13-11(3)8-9-12(4,5)6/h10-11,13H,7-9H2,1-6H3. The Morgan fingerprint density at radius 2 is 1.62 bits per heavy atom. The maximum absolute atomic E-state index is 3.60. The molecule has 0 aliphatic heterocycles. The second kappa shape index (κ2) is 5.64. The topological polar surface area (TPSA) is 12.0 Å². The molecule has 0 fully saturated rings. The largest absolute Gasteiger partial charge is 0.312 e. The van der Waals surface area contributed by atoms with E-state index in [0.29, 0.717) is 17.5 Å². The summed E-state index contributed by atoms with van der Waals surface area (Å²) in [6.45, 7) is 13.7. The van der Waals surface area contributed by atoms with Gasteiger partial charge in [-0.3, -0.25) is 0 Å². The second-order valence-corrected chi connectivity index (χ2v) is 5.48. The minimum atomic E-state index is 0.478. The van der Waals surface area contributed by atoms with Crippen LogP contribution in [0.15, 0.2) is 0 Å². The van der Waals surface area contributed by atoms with Crippen molar-refractivity contribution in [3.63, 3.8) is 0 Å². The molecule has 1 heteroatoms. The monoisotopic (exact) mass is 185 g/mol. The Hall–Kier alpha value is -0.0400. The highest BCUT2D eigenvalue weighted by molar-refractivity contribution is 4.70. The van der Waals surface area contributed by atoms with E-state index in [1.54, 1.807) is 0 Å². The van der Waals surface area contributed by atoms with Crippen molar-refractivity contribution in [1.82, 2.24) is 5.32 Å². The molecule has 0 aliphatic carbocycles. The molecule has 2 unspecified atom stereocenters. The van der Waals surface area contributed by atoms with Crippen molar-refractivity contribution in [3.05, 3.63) is 0 Å². The maximum atomic E-state index is 3.60. The van der Waals surface area contributed by atoms with Gasteiger partial charge < -0.3 is 5.32 Å². The minimum absolute atomic E-state index is 0.478. The molecule has 0 heterocycles. The molecule has 0 amide bonds. The van der Waals surface area contributed by atoms with E-state index in [0.717, 1.165) is 0 Å². The van der Waals surface area contributed by atoms with Crippen molar-refractivity contribution in [2.24, 2.45) is 5.41 Å². The highest BCUT2D eigenvalue weighted by Gasteiger charge is 2.13. The Labute approximate surface area is 84.3 Å². The van der Waals surface area contributed by atoms with Gasteiger partial charge in [-0.2, -0.15) is 0 Å². The van der Waals surface area contributed by atoms with Gasteiger partial charge in [0.1, 0.15) is 0 Å². The van der Waals surface area contributed by atoms with E-state index in [4.69, 9.17) is 0 Å². The van der Waals surface area contributed by atoms with E-state index < -0.39 is 0 Å². The van der Waals surface area contributed by atoms with Crippen LogP contribution in [-0.2, 0) is 0 Å². The van der Waals surface area contributed by atoms with E-state index in [-0.39, 0.29) is 0 Å². The first kappa shape index (κ1) is 13.0. The number of hydrogen-bond donors (Lipinski definition) is 1. The van der Waals surface area contributed by atoms with Crippen LogP contribution in [0.1, 0.15) is 60.8 Å². The van der Waals surface area contributed by atoms with Gasteiger partial charge in [0.15, 0.2) is 0 Å². The Balaban J connectivity index is 3.57. The zero-order chi connectivity index (χ0) is 10.5. The van der Waals surface area contributed by atoms with Crippen molar-refractivity contribution in [2.45, 2.75) is 72.9 Å². The Morgan fingerprint density at radius 3 is 2.00 bits per heavy atom. The maximum Gasteiger partial charge on any atom is 0.00413 e. The van der Waals surface area contributed by atoms with Gasteiger partial charge in [-0.15, -0.1) is 0 Å². The number of rotatable bonds is 5. The molecule has 2 atom stereocenters. The van der Waals surface area contributed by atoms with Crippen molar-refractivity contribution >= 4 is 0 Å². The highest BCUT2D eigenvalue weighted by Crippen LogP contribution is 2.21. The van der Waals surface area contributed by atoms with E-state index in [1.807, 2.05) is 0 Å². The van der Waals surface area contributed by atoms with Crippen LogP contribution in [0.5, 0.6) is 0 Å². The second-order valence-electron chi connectivity index (χ2n) is 5.48. The van der Waals surface area contributed by atoms with Gasteiger partial charge in [-0.25, -0.2) is 0 Å². The van der Waals surface area contributed by atoms with Gasteiger partial charge >= 0.3 is 0 Å². The molecule has 0 aromatic heterocycles. The van der Waals surface area contributed by atoms with Crippen molar-refractivity contribution in [1.29, 1.82) is 0 Å². The normalized spacial score (nSPS) is 17.1. The van der Waals surface area contributed by atoms with Gasteiger partial charge in [0.2, 0.25) is 0 Å². The van der Waals surface area contributed by atoms with Crippen molar-refractivity contribution < 1.29 is 0 Å². The van der Waals surface area contributed by atoms with E-state index >= 15 is 0 Å². The van der Waals surface area contributed by atoms with Crippen LogP contribution in [0.2, 0.25) is 0 Å². The third kappa shape index (κ3) is 8.29. The molecule has 0 saturated heterocycles. The molecule has 0 rings (SSSR count). The lowest BCUT2D eigenvalue weighted by atomic mass is 9.89. The van der Waals surface area contributed by atoms with Crippen LogP contribution < -0.4 is 5.32 Å². The molecule has 0 bridgehead atoms. The first-order valence-corrected chi connectivity index (χ1v) is 5.61. The van der Waals surface area contributed by atoms with Crippen LogP contribution in [-0.4, -0.2) is 12.1 Å². The first-order valence-electron chi connectivity index (χ1n) is 5.61. The average molecular weight is 185 g/mol. The summed E-state index contributed by atoms with van der Waals surface area (Å²) in [6.07, 6.45) is 3.81. The van der Waals surface area contributed by atoms with Crippen molar-refractivity contribution in [2.75, 3.05) is 0 Å². The Bertz CT molecular complexity index is 124. The minimum Gasteiger partial charge on any atom is -0.312 e. The van der Waals surface area contributed by atoms with E-state index in [2.05, 4.69) is 46.9 Å². The molecule has 0 saturated carbocycles. The van der Waals surface area contributed by atoms with Gasteiger partial charge in [0.05, 0.1) is 0 Å². The van der Waals surface area contributed by atoms with Crippen LogP contribution in [0, 0.1) is 5.41 Å². The summed E-state index contributed by atoms with van der Waals surface area (Å²) in [5.41, 5.74) is 0.478. The zero-order valence-corrected chi connectivity index (χ0v) is 10.3. The van der Waals surface area contributed by atoms with Crippen LogP contribution in [0.4, 0.5) is 0 Å². The molecule has 1 N–H and O–H groups in total. The number of nitrogens with one attached hydrogen (secondary N) is 1. The zero-order valence-electron chi connectivity index (χ0n) is 10.3. The molecule has 0 spiro atoms. The third-order valence-corrected chi connectivity index (χ3v) is 2.51. The fourth-order valence-corrected chi connectivity index (χ4v) is 1.34. The summed E-state index contributed by atoms with van der Waals surface area (Å²) in [7, 11) is 0. The summed E-state index contributed by atoms with van der Waals surface area (Å²) in [5, 5.41) is 3.60. The fourth-order valence-electron chi connectivity index (χ4n) is 1.34. The lowest BCUT2D eigenvalue weighted by Gasteiger charge is -2.23. The molecule has 0 aliphatic rings. The van der Waals surface area contributed by atoms with E-state index in [1.165, 1.54) is 19.3 Å². The predicted molar refractivity (Wildman–Crippen MR) is 61.0 cm³/mol. The van der Waals surface area contributed by atoms with Crippen molar-refractivity contribution in [3.8, 4) is 0 Å². The Morgan fingerprint density at radius 1 is 1.08 bits per heavy atom. The van der Waals surface area contributed by atoms with Gasteiger partial charge in [-0.1, -0.05) is 27.7 Å². The van der Waals surface area contributed by atoms with Crippen LogP contribution in [0.25, 0.3) is 0 Å². The average Bonchev–Trinajstić information content (AvgIpc) is 1.99. The molecular formula is C12H27N. The van der Waals surface area contributed by atoms with Gasteiger partial charge in [0.25, 0.3) is 0 Å². The lowest BCUT2D eigenvalue weighted by molar-refractivity contribution is 0.325. The van der Waals surface area contributed by atoms with Gasteiger partial charge in [0, 0.05) is 12.1 Å². The molecule has 1 nitrogen and oxygen atoms in total. The molecule has 13 heavy (non-hydrogen) atoms. The number of hydrogen-bond acceptors (Lipinski definition) is 1. The molecule has 0 radical (unpaired) electrons. The summed E-state index contributed by atoms with van der Waals surface area (Å²) < 4.78 is 0. The summed E-state index contributed by atoms with van der Waals surface area (Å²) in [6, 6.07) is 1.32. The fraction of sp³-hybridized carbons (Fsp3) is 1.00. The molecule has 80 valence electrons. The van der Waals surface area contributed by atoms with E-state index in [9.17, 15) is 0 Å². The van der Waals surface area contributed by atoms with Crippen LogP contribution >= 0.6 is 0 Å². The molecular weight excluding hydrogens is 158 g/mol. The summed E-state index contributed by atoms with van der Waals surface area (Å²) >= 11 is 0. The molecule has 0 aromatic rings. The summed E-state index contributed by atoms with van der Waals surface area (Å²) in [4.78, 5) is 0. The Kier molecular flexibility index (Phi) is 5.62. The quantitative estimate of drug-likeness (QED) is 0.690. The summed E-state index contributed by atoms with van der Waals surface area (Å²) in [5.74, 6) is 0. The smallest absolute Gasteiger partial charge is 0.00413 e. The van der Waals surface area contributed by atoms with Gasteiger partial charge in [-0.05, 0) is 38.5 Å². The first-order chi connectivity index (χ1) is 5.85. The third-order valence-electron chi connectivity index (χ3n) is 2.51. The predicted octanol–water partition coefficient (Wildman–Crippen LogP) is 3.59. The SMILES string of the molecule is CCC(C)NC(C)CCC(C)(C)C. The lowest BCUT2D eigenvalue weighted by Crippen LogP contribution is -2.34. The highest BCUT2D eigenvalue weighted by atomic mass is 14.9. The molecule has 0 aromatic carbocycles. The van der Waals surface area contributed by atoms with Crippen LogP contribution in [0.3, 0.4) is 0 Å².